The molecule has 0 bridgehead atoms. The molecule has 0 fully saturated rings. The fourth-order valence-corrected chi connectivity index (χ4v) is 2.27. The molecular weight excluding hydrogens is 324 g/mol. The van der Waals surface area contributed by atoms with Gasteiger partial charge in [0.1, 0.15) is 17.8 Å². The Morgan fingerprint density at radius 1 is 0.962 bits per heavy atom. The molecule has 2 aromatic carbocycles. The van der Waals surface area contributed by atoms with Crippen LogP contribution in [0.2, 0.25) is 0 Å². The van der Waals surface area contributed by atoms with Crippen LogP contribution in [0.4, 0.5) is 0 Å². The molecule has 0 saturated heterocycles. The van der Waals surface area contributed by atoms with E-state index in [2.05, 4.69) is 0 Å². The fourth-order valence-electron chi connectivity index (χ4n) is 2.27. The van der Waals surface area contributed by atoms with Crippen LogP contribution in [0.15, 0.2) is 84.5 Å². The first-order chi connectivity index (χ1) is 12.6. The monoisotopic (exact) mass is 346 g/mol. The minimum atomic E-state index is 0.244. The highest BCUT2D eigenvalue weighted by Crippen LogP contribution is 2.21. The molecule has 3 nitrogen and oxygen atoms in total. The Kier molecular flexibility index (Phi) is 7.19. The second-order valence-electron chi connectivity index (χ2n) is 5.68. The Morgan fingerprint density at radius 3 is 2.27 bits per heavy atom. The number of carbonyl (C=O) groups excluding carboxylic acids is 1. The van der Waals surface area contributed by atoms with Gasteiger partial charge in [-0.15, -0.1) is 0 Å². The van der Waals surface area contributed by atoms with Crippen molar-refractivity contribution in [2.75, 3.05) is 7.11 Å². The van der Waals surface area contributed by atoms with Gasteiger partial charge in [0, 0.05) is 0 Å². The summed E-state index contributed by atoms with van der Waals surface area (Å²) in [6.45, 7) is 1.87. The van der Waals surface area contributed by atoms with E-state index in [1.54, 1.807) is 19.2 Å². The normalized spacial score (nSPS) is 12.7. The first-order valence-corrected chi connectivity index (χ1v) is 8.24. The summed E-state index contributed by atoms with van der Waals surface area (Å²) in [5, 5.41) is 9.39. The Balaban J connectivity index is 2.31. The largest absolute Gasteiger partial charge is 0.508 e. The van der Waals surface area contributed by atoms with Crippen molar-refractivity contribution in [1.82, 2.24) is 0 Å². The van der Waals surface area contributed by atoms with E-state index in [1.165, 1.54) is 6.08 Å². The maximum absolute atomic E-state index is 10.5. The average molecular weight is 346 g/mol. The number of methoxy groups -OCH3 is 1. The van der Waals surface area contributed by atoms with Crippen LogP contribution in [-0.4, -0.2) is 18.5 Å². The molecule has 2 rings (SSSR count). The summed E-state index contributed by atoms with van der Waals surface area (Å²) in [6, 6.07) is 14.8. The van der Waals surface area contributed by atoms with Crippen LogP contribution in [0.1, 0.15) is 18.1 Å². The van der Waals surface area contributed by atoms with Crippen LogP contribution in [0.5, 0.6) is 11.5 Å². The predicted octanol–water partition coefficient (Wildman–Crippen LogP) is 5.20. The van der Waals surface area contributed by atoms with Crippen LogP contribution in [0, 0.1) is 0 Å². The number of aldehydes is 1. The molecule has 0 saturated carbocycles. The second kappa shape index (κ2) is 9.84. The molecule has 0 aliphatic rings. The molecule has 3 heteroatoms. The first kappa shape index (κ1) is 19.0. The van der Waals surface area contributed by atoms with Gasteiger partial charge in [0.25, 0.3) is 0 Å². The number of phenolic OH excluding ortho intramolecular Hbond substituents is 1. The molecule has 0 aliphatic heterocycles. The van der Waals surface area contributed by atoms with Crippen LogP contribution in [-0.2, 0) is 4.79 Å². The third kappa shape index (κ3) is 5.95. The number of ether oxygens (including phenoxy) is 1. The van der Waals surface area contributed by atoms with Gasteiger partial charge in [0.2, 0.25) is 0 Å². The Bertz CT molecular complexity index is 836. The fraction of sp³-hybridized carbons (Fsp3) is 0.0870. The van der Waals surface area contributed by atoms with Crippen LogP contribution < -0.4 is 4.74 Å². The van der Waals surface area contributed by atoms with Gasteiger partial charge < -0.3 is 9.84 Å². The summed E-state index contributed by atoms with van der Waals surface area (Å²) in [5.74, 6) is 1.05. The van der Waals surface area contributed by atoms with E-state index in [1.807, 2.05) is 73.7 Å². The summed E-state index contributed by atoms with van der Waals surface area (Å²) in [4.78, 5) is 10.5. The molecule has 1 N–H and O–H groups in total. The summed E-state index contributed by atoms with van der Waals surface area (Å²) < 4.78 is 5.21. The SMILES string of the molecule is COc1ccc(C(=C\C=C\C(C)=C\C=O)/C=C/c2ccc(O)cc2)cc1. The lowest BCUT2D eigenvalue weighted by Gasteiger charge is -2.05. The number of benzene rings is 2. The van der Waals surface area contributed by atoms with Crippen molar-refractivity contribution in [2.24, 2.45) is 0 Å². The van der Waals surface area contributed by atoms with Crippen molar-refractivity contribution in [2.45, 2.75) is 6.92 Å². The zero-order chi connectivity index (χ0) is 18.8. The maximum atomic E-state index is 10.5. The smallest absolute Gasteiger partial charge is 0.143 e. The van der Waals surface area contributed by atoms with Gasteiger partial charge in [-0.3, -0.25) is 4.79 Å². The van der Waals surface area contributed by atoms with E-state index in [-0.39, 0.29) is 5.75 Å². The van der Waals surface area contributed by atoms with Crippen LogP contribution >= 0.6 is 0 Å². The lowest BCUT2D eigenvalue weighted by Crippen LogP contribution is -1.85. The van der Waals surface area contributed by atoms with Crippen molar-refractivity contribution in [3.8, 4) is 11.5 Å². The van der Waals surface area contributed by atoms with Gasteiger partial charge in [0.15, 0.2) is 0 Å². The maximum Gasteiger partial charge on any atom is 0.143 e. The van der Waals surface area contributed by atoms with Crippen molar-refractivity contribution < 1.29 is 14.6 Å². The lowest BCUT2D eigenvalue weighted by atomic mass is 10.0. The molecular formula is C23H22O3. The molecule has 0 aromatic heterocycles. The zero-order valence-corrected chi connectivity index (χ0v) is 14.9. The molecule has 2 aromatic rings. The highest BCUT2D eigenvalue weighted by atomic mass is 16.5. The molecule has 0 amide bonds. The topological polar surface area (TPSA) is 46.5 Å². The van der Waals surface area contributed by atoms with Crippen molar-refractivity contribution >= 4 is 17.9 Å². The number of phenols is 1. The summed E-state index contributed by atoms with van der Waals surface area (Å²) in [5.41, 5.74) is 3.93. The van der Waals surface area contributed by atoms with E-state index in [0.29, 0.717) is 0 Å². The number of hydrogen-bond donors (Lipinski definition) is 1. The van der Waals surface area contributed by atoms with Gasteiger partial charge >= 0.3 is 0 Å². The number of carbonyl (C=O) groups is 1. The lowest BCUT2D eigenvalue weighted by molar-refractivity contribution is -0.104. The standard InChI is InChI=1S/C23H22O3/c1-18(16-17-24)4-3-5-20(21-10-14-23(26-2)15-11-21)9-6-19-7-12-22(25)13-8-19/h3-17,25H,1-2H3/b4-3+,9-6+,18-16+,20-5-. The average Bonchev–Trinajstić information content (AvgIpc) is 2.66. The number of rotatable bonds is 7. The highest BCUT2D eigenvalue weighted by molar-refractivity contribution is 5.80. The number of aromatic hydroxyl groups is 1. The van der Waals surface area contributed by atoms with E-state index in [9.17, 15) is 9.90 Å². The predicted molar refractivity (Wildman–Crippen MR) is 107 cm³/mol. The Labute approximate surface area is 154 Å². The van der Waals surface area contributed by atoms with Crippen LogP contribution in [0.3, 0.4) is 0 Å². The molecule has 0 radical (unpaired) electrons. The Hall–Kier alpha value is -3.33. The van der Waals surface area contributed by atoms with Gasteiger partial charge in [-0.05, 0) is 59.5 Å². The van der Waals surface area contributed by atoms with Crippen LogP contribution in [0.25, 0.3) is 11.6 Å². The minimum Gasteiger partial charge on any atom is -0.508 e. The molecule has 26 heavy (non-hydrogen) atoms. The molecule has 0 unspecified atom stereocenters. The summed E-state index contributed by atoms with van der Waals surface area (Å²) >= 11 is 0. The third-order valence-corrected chi connectivity index (χ3v) is 3.74. The van der Waals surface area contributed by atoms with Gasteiger partial charge in [-0.2, -0.15) is 0 Å². The van der Waals surface area contributed by atoms with Gasteiger partial charge in [-0.25, -0.2) is 0 Å². The summed E-state index contributed by atoms with van der Waals surface area (Å²) in [6.07, 6.45) is 12.1. The second-order valence-corrected chi connectivity index (χ2v) is 5.68. The van der Waals surface area contributed by atoms with Crippen molar-refractivity contribution in [3.63, 3.8) is 0 Å². The minimum absolute atomic E-state index is 0.244. The third-order valence-electron chi connectivity index (χ3n) is 3.74. The molecule has 0 atom stereocenters. The van der Waals surface area contributed by atoms with Crippen molar-refractivity contribution in [3.05, 3.63) is 95.6 Å². The van der Waals surface area contributed by atoms with Gasteiger partial charge in [0.05, 0.1) is 7.11 Å². The molecule has 0 heterocycles. The van der Waals surface area contributed by atoms with E-state index < -0.39 is 0 Å². The van der Waals surface area contributed by atoms with Crippen molar-refractivity contribution in [1.29, 1.82) is 0 Å². The zero-order valence-electron chi connectivity index (χ0n) is 14.9. The van der Waals surface area contributed by atoms with E-state index in [4.69, 9.17) is 4.74 Å². The molecule has 132 valence electrons. The number of allylic oxidation sites excluding steroid dienone is 7. The molecule has 0 aliphatic carbocycles. The Morgan fingerprint density at radius 2 is 1.65 bits per heavy atom. The van der Waals surface area contributed by atoms with E-state index in [0.717, 1.165) is 34.3 Å². The van der Waals surface area contributed by atoms with E-state index >= 15 is 0 Å². The number of hydrogen-bond acceptors (Lipinski definition) is 3. The first-order valence-electron chi connectivity index (χ1n) is 8.24. The quantitative estimate of drug-likeness (QED) is 0.426. The molecule has 0 spiro atoms. The highest BCUT2D eigenvalue weighted by Gasteiger charge is 1.99. The van der Waals surface area contributed by atoms with Gasteiger partial charge in [-0.1, -0.05) is 54.6 Å². The summed E-state index contributed by atoms with van der Waals surface area (Å²) in [7, 11) is 1.64.